The van der Waals surface area contributed by atoms with Crippen LogP contribution in [0, 0.1) is 5.82 Å². The Hall–Kier alpha value is -1.92. The maximum Gasteiger partial charge on any atom is 0.293 e. The monoisotopic (exact) mass is 269 g/mol. The largest absolute Gasteiger partial charge is 0.434 e. The fourth-order valence-electron chi connectivity index (χ4n) is 1.28. The summed E-state index contributed by atoms with van der Waals surface area (Å²) in [5.41, 5.74) is 5.66. The Morgan fingerprint density at radius 2 is 2.33 bits per heavy atom. The molecule has 0 fully saturated rings. The van der Waals surface area contributed by atoms with Gasteiger partial charge in [-0.3, -0.25) is 4.79 Å². The fraction of sp³-hybridized carbons (Fsp3) is 0.0909. The first-order valence-corrected chi connectivity index (χ1v) is 5.39. The lowest BCUT2D eigenvalue weighted by Crippen LogP contribution is -2.11. The molecule has 2 aromatic rings. The van der Waals surface area contributed by atoms with Gasteiger partial charge in [-0.05, 0) is 18.2 Å². The van der Waals surface area contributed by atoms with E-state index in [9.17, 15) is 9.18 Å². The molecule has 3 N–H and O–H groups in total. The Bertz CT molecular complexity index is 585. The molecule has 1 amide bonds. The van der Waals surface area contributed by atoms with Gasteiger partial charge in [0.25, 0.3) is 5.91 Å². The lowest BCUT2D eigenvalue weighted by molar-refractivity contribution is 0.0995. The highest BCUT2D eigenvalue weighted by Gasteiger charge is 2.12. The lowest BCUT2D eigenvalue weighted by atomic mass is 10.3. The Labute approximate surface area is 107 Å². The molecule has 0 aliphatic carbocycles. The van der Waals surface area contributed by atoms with Crippen LogP contribution in [0.3, 0.4) is 0 Å². The van der Waals surface area contributed by atoms with Crippen molar-refractivity contribution >= 4 is 23.2 Å². The molecule has 0 saturated carbocycles. The third-order valence-corrected chi connectivity index (χ3v) is 2.42. The van der Waals surface area contributed by atoms with Gasteiger partial charge in [-0.25, -0.2) is 9.37 Å². The van der Waals surface area contributed by atoms with E-state index in [0.29, 0.717) is 5.69 Å². The Morgan fingerprint density at radius 3 is 2.94 bits per heavy atom. The van der Waals surface area contributed by atoms with E-state index in [0.717, 1.165) is 6.07 Å². The van der Waals surface area contributed by atoms with E-state index < -0.39 is 11.7 Å². The molecule has 94 valence electrons. The third-order valence-electron chi connectivity index (χ3n) is 2.13. The number of nitrogens with zero attached hydrogens (tertiary/aromatic N) is 1. The van der Waals surface area contributed by atoms with Crippen LogP contribution in [0.1, 0.15) is 16.4 Å². The van der Waals surface area contributed by atoms with Gasteiger partial charge in [-0.2, -0.15) is 0 Å². The predicted octanol–water partition coefficient (Wildman–Crippen LogP) is 2.18. The molecule has 0 aliphatic rings. The number of amides is 1. The van der Waals surface area contributed by atoms with E-state index in [1.54, 1.807) is 0 Å². The summed E-state index contributed by atoms with van der Waals surface area (Å²) in [6.07, 6.45) is 1.27. The summed E-state index contributed by atoms with van der Waals surface area (Å²) in [5, 5.41) is 2.42. The summed E-state index contributed by atoms with van der Waals surface area (Å²) in [4.78, 5) is 15.5. The van der Waals surface area contributed by atoms with Gasteiger partial charge >= 0.3 is 0 Å². The van der Waals surface area contributed by atoms with Crippen molar-refractivity contribution in [1.29, 1.82) is 0 Å². The highest BCUT2D eigenvalue weighted by molar-refractivity contribution is 6.31. The number of carbonyl (C=O) groups is 1. The van der Waals surface area contributed by atoms with Gasteiger partial charge in [0.15, 0.2) is 0 Å². The van der Waals surface area contributed by atoms with Crippen molar-refractivity contribution in [3.8, 4) is 0 Å². The average molecular weight is 270 g/mol. The lowest BCUT2D eigenvalue weighted by Gasteiger charge is -2.03. The van der Waals surface area contributed by atoms with Crippen molar-refractivity contribution in [2.45, 2.75) is 6.54 Å². The van der Waals surface area contributed by atoms with Gasteiger partial charge in [0.1, 0.15) is 5.82 Å². The molecular formula is C11H9ClFN3O2. The highest BCUT2D eigenvalue weighted by atomic mass is 35.5. The molecule has 0 bridgehead atoms. The van der Waals surface area contributed by atoms with Crippen molar-refractivity contribution in [2.24, 2.45) is 5.73 Å². The van der Waals surface area contributed by atoms with Crippen LogP contribution < -0.4 is 11.1 Å². The van der Waals surface area contributed by atoms with Crippen LogP contribution >= 0.6 is 11.6 Å². The molecule has 0 radical (unpaired) electrons. The SMILES string of the molecule is NCc1ncc(C(=O)Nc2ccc(F)c(Cl)c2)o1. The fourth-order valence-corrected chi connectivity index (χ4v) is 1.46. The van der Waals surface area contributed by atoms with Crippen LogP contribution in [-0.2, 0) is 6.54 Å². The minimum absolute atomic E-state index is 0.0240. The Kier molecular flexibility index (Phi) is 3.59. The minimum Gasteiger partial charge on any atom is -0.434 e. The molecule has 0 saturated heterocycles. The quantitative estimate of drug-likeness (QED) is 0.895. The molecule has 1 aromatic carbocycles. The number of nitrogens with one attached hydrogen (secondary N) is 1. The second kappa shape index (κ2) is 5.16. The predicted molar refractivity (Wildman–Crippen MR) is 63.8 cm³/mol. The first kappa shape index (κ1) is 12.5. The number of rotatable bonds is 3. The first-order chi connectivity index (χ1) is 8.60. The van der Waals surface area contributed by atoms with E-state index in [1.807, 2.05) is 0 Å². The van der Waals surface area contributed by atoms with Crippen molar-refractivity contribution < 1.29 is 13.6 Å². The molecular weight excluding hydrogens is 261 g/mol. The molecule has 1 heterocycles. The summed E-state index contributed by atoms with van der Waals surface area (Å²) >= 11 is 5.59. The number of aromatic nitrogens is 1. The molecule has 7 heteroatoms. The van der Waals surface area contributed by atoms with E-state index in [-0.39, 0.29) is 23.2 Å². The topological polar surface area (TPSA) is 81.1 Å². The zero-order chi connectivity index (χ0) is 13.1. The van der Waals surface area contributed by atoms with E-state index in [1.165, 1.54) is 18.3 Å². The molecule has 1 aromatic heterocycles. The van der Waals surface area contributed by atoms with Gasteiger partial charge in [0.2, 0.25) is 11.7 Å². The molecule has 0 unspecified atom stereocenters. The van der Waals surface area contributed by atoms with Crippen LogP contribution in [0.2, 0.25) is 5.02 Å². The number of benzene rings is 1. The van der Waals surface area contributed by atoms with Crippen LogP contribution in [0.15, 0.2) is 28.8 Å². The Balaban J connectivity index is 2.13. The number of anilines is 1. The maximum absolute atomic E-state index is 12.9. The first-order valence-electron chi connectivity index (χ1n) is 5.01. The van der Waals surface area contributed by atoms with Gasteiger partial charge in [-0.15, -0.1) is 0 Å². The summed E-state index contributed by atoms with van der Waals surface area (Å²) in [7, 11) is 0. The van der Waals surface area contributed by atoms with Crippen LogP contribution in [0.5, 0.6) is 0 Å². The molecule has 5 nitrogen and oxygen atoms in total. The van der Waals surface area contributed by atoms with Gasteiger partial charge in [0, 0.05) is 5.69 Å². The van der Waals surface area contributed by atoms with E-state index in [2.05, 4.69) is 10.3 Å². The van der Waals surface area contributed by atoms with Gasteiger partial charge in [0.05, 0.1) is 17.8 Å². The summed E-state index contributed by atoms with van der Waals surface area (Å²) in [5.74, 6) is -0.780. The normalized spacial score (nSPS) is 10.4. The van der Waals surface area contributed by atoms with Crippen LogP contribution in [0.25, 0.3) is 0 Å². The molecule has 0 aliphatic heterocycles. The van der Waals surface area contributed by atoms with Crippen molar-refractivity contribution in [3.05, 3.63) is 46.9 Å². The average Bonchev–Trinajstić information content (AvgIpc) is 2.82. The number of halogens is 2. The zero-order valence-corrected chi connectivity index (χ0v) is 9.87. The number of nitrogens with two attached hydrogens (primary N) is 1. The van der Waals surface area contributed by atoms with Gasteiger partial charge < -0.3 is 15.5 Å². The summed E-state index contributed by atoms with van der Waals surface area (Å²) in [6, 6.07) is 3.85. The second-order valence-electron chi connectivity index (χ2n) is 3.41. The molecule has 0 spiro atoms. The Morgan fingerprint density at radius 1 is 1.56 bits per heavy atom. The summed E-state index contributed by atoms with van der Waals surface area (Å²) in [6.45, 7) is 0.107. The second-order valence-corrected chi connectivity index (χ2v) is 3.81. The number of carbonyl (C=O) groups excluding carboxylic acids is 1. The number of hydrogen-bond acceptors (Lipinski definition) is 4. The minimum atomic E-state index is -0.556. The van der Waals surface area contributed by atoms with Crippen molar-refractivity contribution in [2.75, 3.05) is 5.32 Å². The highest BCUT2D eigenvalue weighted by Crippen LogP contribution is 2.20. The third kappa shape index (κ3) is 2.66. The van der Waals surface area contributed by atoms with E-state index >= 15 is 0 Å². The smallest absolute Gasteiger partial charge is 0.293 e. The van der Waals surface area contributed by atoms with Gasteiger partial charge in [-0.1, -0.05) is 11.6 Å². The summed E-state index contributed by atoms with van der Waals surface area (Å²) < 4.78 is 18.0. The van der Waals surface area contributed by atoms with E-state index in [4.69, 9.17) is 21.8 Å². The van der Waals surface area contributed by atoms with Crippen molar-refractivity contribution in [3.63, 3.8) is 0 Å². The number of oxazole rings is 1. The zero-order valence-electron chi connectivity index (χ0n) is 9.11. The molecule has 2 rings (SSSR count). The maximum atomic E-state index is 12.9. The van der Waals surface area contributed by atoms with Crippen molar-refractivity contribution in [1.82, 2.24) is 4.98 Å². The van der Waals surface area contributed by atoms with Crippen LogP contribution in [0.4, 0.5) is 10.1 Å². The molecule has 18 heavy (non-hydrogen) atoms. The molecule has 0 atom stereocenters. The standard InChI is InChI=1S/C11H9ClFN3O2/c12-7-3-6(1-2-8(7)13)16-11(17)9-5-15-10(4-14)18-9/h1-3,5H,4,14H2,(H,16,17). The number of hydrogen-bond donors (Lipinski definition) is 2. The van der Waals surface area contributed by atoms with Crippen LogP contribution in [-0.4, -0.2) is 10.9 Å².